The minimum Gasteiger partial charge on any atom is -0.281 e. The molecule has 0 heterocycles. The molecular weight excluding hydrogens is 292 g/mol. The van der Waals surface area contributed by atoms with E-state index in [0.29, 0.717) is 0 Å². The third-order valence-corrected chi connectivity index (χ3v) is 4.50. The molecule has 0 aliphatic heterocycles. The van der Waals surface area contributed by atoms with E-state index in [1.165, 1.54) is 12.1 Å². The maximum absolute atomic E-state index is 11.9. The van der Waals surface area contributed by atoms with Crippen LogP contribution in [0.3, 0.4) is 0 Å². The van der Waals surface area contributed by atoms with E-state index in [-0.39, 0.29) is 4.90 Å². The molecule has 3 nitrogen and oxygen atoms in total. The van der Waals surface area contributed by atoms with E-state index in [4.69, 9.17) is 0 Å². The first kappa shape index (κ1) is 13.4. The molecule has 1 aromatic rings. The molecule has 0 aromatic heterocycles. The van der Waals surface area contributed by atoms with E-state index >= 15 is 0 Å². The van der Waals surface area contributed by atoms with E-state index in [9.17, 15) is 13.2 Å². The monoisotopic (exact) mass is 304 g/mol. The van der Waals surface area contributed by atoms with Gasteiger partial charge >= 0.3 is 0 Å². The van der Waals surface area contributed by atoms with Crippen LogP contribution in [0.5, 0.6) is 0 Å². The first-order valence-corrected chi connectivity index (χ1v) is 6.98. The molecule has 0 spiro atoms. The Morgan fingerprint density at radius 1 is 1.12 bits per heavy atom. The predicted molar refractivity (Wildman–Crippen MR) is 65.8 cm³/mol. The summed E-state index contributed by atoms with van der Waals surface area (Å²) in [4.78, 5) is 11.8. The summed E-state index contributed by atoms with van der Waals surface area (Å²) in [5.74, 6) is 0. The van der Waals surface area contributed by atoms with Gasteiger partial charge in [-0.3, -0.25) is 4.79 Å². The van der Waals surface area contributed by atoms with Crippen molar-refractivity contribution >= 4 is 30.9 Å². The number of sulfone groups is 1. The minimum absolute atomic E-state index is 0.0376. The van der Waals surface area contributed by atoms with Crippen molar-refractivity contribution < 1.29 is 13.2 Å². The Hall–Kier alpha value is -0.680. The molecule has 1 rings (SSSR count). The second-order valence-electron chi connectivity index (χ2n) is 4.49. The third-order valence-electron chi connectivity index (χ3n) is 1.98. The number of carbonyl (C=O) groups excluding carboxylic acids is 1. The molecule has 0 N–H and O–H groups in total. The lowest BCUT2D eigenvalue weighted by atomic mass is 10.00. The highest BCUT2D eigenvalue weighted by Crippen LogP contribution is 2.24. The third kappa shape index (κ3) is 2.71. The Morgan fingerprint density at radius 3 is 1.94 bits per heavy atom. The largest absolute Gasteiger partial charge is 0.281 e. The van der Waals surface area contributed by atoms with Crippen LogP contribution in [0, 0.1) is 5.41 Å². The summed E-state index contributed by atoms with van der Waals surface area (Å²) in [6.45, 7) is 4.77. The van der Waals surface area contributed by atoms with Gasteiger partial charge in [0.05, 0.1) is 4.90 Å². The smallest absolute Gasteiger partial charge is 0.256 e. The van der Waals surface area contributed by atoms with Crippen LogP contribution < -0.4 is 0 Å². The maximum Gasteiger partial charge on any atom is 0.256 e. The Morgan fingerprint density at radius 2 is 1.56 bits per heavy atom. The van der Waals surface area contributed by atoms with E-state index in [1.54, 1.807) is 32.9 Å². The standard InChI is InChI=1S/C11H13BrO3S/c1-11(2,3)10(13)16(14,15)9-6-4-8(12)5-7-9/h4-7H,1-3H3. The molecule has 88 valence electrons. The fourth-order valence-electron chi connectivity index (χ4n) is 1.12. The summed E-state index contributed by atoms with van der Waals surface area (Å²) in [7, 11) is -3.87. The number of benzene rings is 1. The van der Waals surface area contributed by atoms with Gasteiger partial charge in [0.25, 0.3) is 5.12 Å². The molecule has 0 atom stereocenters. The van der Waals surface area contributed by atoms with Gasteiger partial charge in [-0.2, -0.15) is 0 Å². The highest BCUT2D eigenvalue weighted by Gasteiger charge is 2.34. The van der Waals surface area contributed by atoms with Gasteiger partial charge in [-0.1, -0.05) is 36.7 Å². The van der Waals surface area contributed by atoms with Crippen molar-refractivity contribution in [2.24, 2.45) is 5.41 Å². The van der Waals surface area contributed by atoms with Crippen molar-refractivity contribution in [2.75, 3.05) is 0 Å². The molecule has 0 fully saturated rings. The van der Waals surface area contributed by atoms with E-state index in [0.717, 1.165) is 4.47 Å². The van der Waals surface area contributed by atoms with Crippen LogP contribution in [-0.2, 0) is 14.6 Å². The molecule has 0 unspecified atom stereocenters. The average molecular weight is 305 g/mol. The summed E-state index contributed by atoms with van der Waals surface area (Å²) in [5.41, 5.74) is -0.897. The van der Waals surface area contributed by atoms with E-state index < -0.39 is 20.4 Å². The van der Waals surface area contributed by atoms with Crippen molar-refractivity contribution in [1.29, 1.82) is 0 Å². The fraction of sp³-hybridized carbons (Fsp3) is 0.364. The SMILES string of the molecule is CC(C)(C)C(=O)S(=O)(=O)c1ccc(Br)cc1. The van der Waals surface area contributed by atoms with Gasteiger partial charge in [0, 0.05) is 9.89 Å². The second-order valence-corrected chi connectivity index (χ2v) is 7.26. The lowest BCUT2D eigenvalue weighted by Gasteiger charge is -2.16. The molecule has 1 aromatic carbocycles. The predicted octanol–water partition coefficient (Wildman–Crippen LogP) is 2.80. The number of hydrogen-bond donors (Lipinski definition) is 0. The Balaban J connectivity index is 3.23. The summed E-state index contributed by atoms with van der Waals surface area (Å²) >= 11 is 3.21. The number of halogens is 1. The quantitative estimate of drug-likeness (QED) is 0.801. The Bertz CT molecular complexity index is 495. The van der Waals surface area contributed by atoms with E-state index in [2.05, 4.69) is 15.9 Å². The van der Waals surface area contributed by atoms with Gasteiger partial charge in [0.2, 0.25) is 9.84 Å². The molecule has 16 heavy (non-hydrogen) atoms. The van der Waals surface area contributed by atoms with Crippen LogP contribution in [0.4, 0.5) is 0 Å². The molecule has 0 aliphatic carbocycles. The van der Waals surface area contributed by atoms with Gasteiger partial charge in [0.15, 0.2) is 0 Å². The normalized spacial score (nSPS) is 12.5. The van der Waals surface area contributed by atoms with Crippen molar-refractivity contribution in [2.45, 2.75) is 25.7 Å². The van der Waals surface area contributed by atoms with Gasteiger partial charge in [-0.15, -0.1) is 0 Å². The number of rotatable bonds is 1. The minimum atomic E-state index is -3.87. The zero-order valence-electron chi connectivity index (χ0n) is 9.32. The summed E-state index contributed by atoms with van der Waals surface area (Å²) < 4.78 is 24.6. The molecule has 0 amide bonds. The van der Waals surface area contributed by atoms with Crippen LogP contribution in [0.15, 0.2) is 33.6 Å². The first-order chi connectivity index (χ1) is 7.15. The topological polar surface area (TPSA) is 51.2 Å². The zero-order chi connectivity index (χ0) is 12.6. The van der Waals surface area contributed by atoms with Crippen molar-refractivity contribution in [3.05, 3.63) is 28.7 Å². The average Bonchev–Trinajstić information content (AvgIpc) is 2.16. The Kier molecular flexibility index (Phi) is 3.59. The molecule has 0 aliphatic rings. The Labute approximate surface area is 104 Å². The van der Waals surface area contributed by atoms with Crippen LogP contribution in [0.1, 0.15) is 20.8 Å². The number of carbonyl (C=O) groups is 1. The van der Waals surface area contributed by atoms with Crippen molar-refractivity contribution in [1.82, 2.24) is 0 Å². The highest BCUT2D eigenvalue weighted by atomic mass is 79.9. The van der Waals surface area contributed by atoms with Crippen molar-refractivity contribution in [3.8, 4) is 0 Å². The van der Waals surface area contributed by atoms with Crippen LogP contribution in [0.2, 0.25) is 0 Å². The number of hydrogen-bond acceptors (Lipinski definition) is 3. The van der Waals surface area contributed by atoms with Gasteiger partial charge < -0.3 is 0 Å². The fourth-order valence-corrected chi connectivity index (χ4v) is 2.90. The van der Waals surface area contributed by atoms with Crippen LogP contribution in [-0.4, -0.2) is 13.5 Å². The highest BCUT2D eigenvalue weighted by molar-refractivity contribution is 9.10. The lowest BCUT2D eigenvalue weighted by molar-refractivity contribution is -0.118. The molecule has 5 heteroatoms. The lowest BCUT2D eigenvalue weighted by Crippen LogP contribution is -2.28. The summed E-state index contributed by atoms with van der Waals surface area (Å²) in [6.07, 6.45) is 0. The summed E-state index contributed by atoms with van der Waals surface area (Å²) in [5, 5.41) is -0.762. The first-order valence-electron chi connectivity index (χ1n) is 4.71. The second kappa shape index (κ2) is 4.30. The molecule has 0 bridgehead atoms. The molecule has 0 radical (unpaired) electrons. The van der Waals surface area contributed by atoms with E-state index in [1.807, 2.05) is 0 Å². The van der Waals surface area contributed by atoms with Crippen LogP contribution >= 0.6 is 15.9 Å². The zero-order valence-corrected chi connectivity index (χ0v) is 11.7. The van der Waals surface area contributed by atoms with Gasteiger partial charge in [-0.25, -0.2) is 8.42 Å². The maximum atomic E-state index is 11.9. The van der Waals surface area contributed by atoms with Gasteiger partial charge in [0.1, 0.15) is 0 Å². The van der Waals surface area contributed by atoms with Crippen LogP contribution in [0.25, 0.3) is 0 Å². The molecule has 0 saturated carbocycles. The van der Waals surface area contributed by atoms with Gasteiger partial charge in [-0.05, 0) is 24.3 Å². The molecular formula is C11H13BrO3S. The molecule has 0 saturated heterocycles. The summed E-state index contributed by atoms with van der Waals surface area (Å²) in [6, 6.07) is 6.04. The van der Waals surface area contributed by atoms with Crippen molar-refractivity contribution in [3.63, 3.8) is 0 Å².